The number of rotatable bonds is 3. The van der Waals surface area contributed by atoms with Crippen molar-refractivity contribution in [3.63, 3.8) is 0 Å². The Kier molecular flexibility index (Phi) is 5.60. The van der Waals surface area contributed by atoms with Crippen LogP contribution in [0.4, 0.5) is 0 Å². The van der Waals surface area contributed by atoms with Gasteiger partial charge in [-0.05, 0) is 54.9 Å². The Morgan fingerprint density at radius 1 is 1.22 bits per heavy atom. The van der Waals surface area contributed by atoms with Gasteiger partial charge in [0.15, 0.2) is 0 Å². The second kappa shape index (κ2) is 7.76. The molecule has 0 bridgehead atoms. The van der Waals surface area contributed by atoms with Crippen molar-refractivity contribution >= 4 is 11.5 Å². The Morgan fingerprint density at radius 2 is 1.93 bits per heavy atom. The first-order chi connectivity index (χ1) is 12.8. The van der Waals surface area contributed by atoms with E-state index in [-0.39, 0.29) is 11.3 Å². The lowest BCUT2D eigenvalue weighted by molar-refractivity contribution is -0.129. The Morgan fingerprint density at radius 3 is 2.56 bits per heavy atom. The first kappa shape index (κ1) is 19.5. The van der Waals surface area contributed by atoms with Gasteiger partial charge in [0, 0.05) is 29.6 Å². The first-order valence-electron chi connectivity index (χ1n) is 10.1. The largest absolute Gasteiger partial charge is 0.387 e. The van der Waals surface area contributed by atoms with E-state index in [9.17, 15) is 4.79 Å². The summed E-state index contributed by atoms with van der Waals surface area (Å²) in [7, 11) is 0. The molecule has 1 saturated carbocycles. The number of benzene rings is 1. The van der Waals surface area contributed by atoms with Crippen molar-refractivity contribution in [1.82, 2.24) is 10.6 Å². The van der Waals surface area contributed by atoms with E-state index in [2.05, 4.69) is 35.9 Å². The van der Waals surface area contributed by atoms with Crippen molar-refractivity contribution in [2.45, 2.75) is 65.5 Å². The summed E-state index contributed by atoms with van der Waals surface area (Å²) in [5.74, 6) is 1.19. The molecule has 2 aliphatic rings. The molecule has 2 N–H and O–H groups in total. The number of nitrogens with zero attached hydrogens (tertiary/aromatic N) is 1. The van der Waals surface area contributed by atoms with Gasteiger partial charge in [0.1, 0.15) is 0 Å². The normalized spacial score (nSPS) is 28.0. The molecule has 0 spiro atoms. The minimum atomic E-state index is -0.324. The SMILES string of the molecule is CC1C(c2cccc(C#N)c2)=CNC1C1CCC(NC(=O)C(C)(C)C)CC1. The molecule has 2 atom stereocenters. The lowest BCUT2D eigenvalue weighted by Gasteiger charge is -2.36. The summed E-state index contributed by atoms with van der Waals surface area (Å²) in [5.41, 5.74) is 2.82. The summed E-state index contributed by atoms with van der Waals surface area (Å²) in [5, 5.41) is 16.0. The van der Waals surface area contributed by atoms with Gasteiger partial charge < -0.3 is 10.6 Å². The van der Waals surface area contributed by atoms with Gasteiger partial charge in [0.25, 0.3) is 0 Å². The summed E-state index contributed by atoms with van der Waals surface area (Å²) in [6.07, 6.45) is 6.51. The molecule has 4 nitrogen and oxygen atoms in total. The fraction of sp³-hybridized carbons (Fsp3) is 0.565. The van der Waals surface area contributed by atoms with Crippen molar-refractivity contribution in [1.29, 1.82) is 5.26 Å². The molecular weight excluding hydrogens is 334 g/mol. The van der Waals surface area contributed by atoms with Gasteiger partial charge in [-0.3, -0.25) is 4.79 Å². The average Bonchev–Trinajstić information content (AvgIpc) is 3.03. The first-order valence-corrected chi connectivity index (χ1v) is 10.1. The number of hydrogen-bond acceptors (Lipinski definition) is 3. The monoisotopic (exact) mass is 365 g/mol. The van der Waals surface area contributed by atoms with Crippen LogP contribution in [0.1, 0.15) is 64.5 Å². The quantitative estimate of drug-likeness (QED) is 0.842. The van der Waals surface area contributed by atoms with E-state index in [4.69, 9.17) is 5.26 Å². The van der Waals surface area contributed by atoms with Crippen LogP contribution in [-0.4, -0.2) is 18.0 Å². The van der Waals surface area contributed by atoms with Crippen molar-refractivity contribution in [3.8, 4) is 6.07 Å². The van der Waals surface area contributed by atoms with E-state index in [0.29, 0.717) is 29.5 Å². The zero-order valence-corrected chi connectivity index (χ0v) is 16.9. The minimum Gasteiger partial charge on any atom is -0.387 e. The van der Waals surface area contributed by atoms with Crippen LogP contribution in [-0.2, 0) is 4.79 Å². The molecule has 1 aromatic rings. The molecule has 2 unspecified atom stereocenters. The number of amides is 1. The molecule has 27 heavy (non-hydrogen) atoms. The zero-order chi connectivity index (χ0) is 19.6. The molecule has 4 heteroatoms. The van der Waals surface area contributed by atoms with Crippen LogP contribution in [0.2, 0.25) is 0 Å². The minimum absolute atomic E-state index is 0.152. The maximum atomic E-state index is 12.2. The van der Waals surface area contributed by atoms with Gasteiger partial charge in [-0.1, -0.05) is 39.8 Å². The molecule has 1 aliphatic carbocycles. The van der Waals surface area contributed by atoms with Gasteiger partial charge in [-0.2, -0.15) is 5.26 Å². The van der Waals surface area contributed by atoms with Crippen LogP contribution in [0.3, 0.4) is 0 Å². The predicted molar refractivity (Wildman–Crippen MR) is 109 cm³/mol. The summed E-state index contributed by atoms with van der Waals surface area (Å²) < 4.78 is 0. The molecule has 1 aromatic carbocycles. The topological polar surface area (TPSA) is 64.9 Å². The number of carbonyl (C=O) groups excluding carboxylic acids is 1. The molecule has 1 aliphatic heterocycles. The second-order valence-corrected chi connectivity index (χ2v) is 9.11. The summed E-state index contributed by atoms with van der Waals surface area (Å²) in [6.45, 7) is 8.18. The highest BCUT2D eigenvalue weighted by atomic mass is 16.2. The van der Waals surface area contributed by atoms with Gasteiger partial charge >= 0.3 is 0 Å². The Balaban J connectivity index is 1.57. The molecule has 144 valence electrons. The van der Waals surface area contributed by atoms with E-state index >= 15 is 0 Å². The third-order valence-corrected chi connectivity index (χ3v) is 6.08. The number of nitriles is 1. The third kappa shape index (κ3) is 4.35. The van der Waals surface area contributed by atoms with Crippen LogP contribution in [0.15, 0.2) is 30.5 Å². The number of hydrogen-bond donors (Lipinski definition) is 2. The highest BCUT2D eigenvalue weighted by Gasteiger charge is 2.36. The zero-order valence-electron chi connectivity index (χ0n) is 16.9. The molecule has 3 rings (SSSR count). The highest BCUT2D eigenvalue weighted by molar-refractivity contribution is 5.81. The fourth-order valence-electron chi connectivity index (χ4n) is 4.34. The molecular formula is C23H31N3O. The lowest BCUT2D eigenvalue weighted by atomic mass is 9.76. The van der Waals surface area contributed by atoms with Crippen LogP contribution in [0.25, 0.3) is 5.57 Å². The molecule has 0 radical (unpaired) electrons. The third-order valence-electron chi connectivity index (χ3n) is 6.08. The van der Waals surface area contributed by atoms with Crippen molar-refractivity contribution in [2.75, 3.05) is 0 Å². The van der Waals surface area contributed by atoms with Gasteiger partial charge in [0.2, 0.25) is 5.91 Å². The van der Waals surface area contributed by atoms with E-state index in [1.807, 2.05) is 39.0 Å². The number of nitrogens with one attached hydrogen (secondary N) is 2. The van der Waals surface area contributed by atoms with Gasteiger partial charge in [0.05, 0.1) is 11.6 Å². The van der Waals surface area contributed by atoms with E-state index in [1.54, 1.807) is 0 Å². The summed E-state index contributed by atoms with van der Waals surface area (Å²) in [4.78, 5) is 12.2. The van der Waals surface area contributed by atoms with Crippen molar-refractivity contribution in [3.05, 3.63) is 41.6 Å². The van der Waals surface area contributed by atoms with Crippen molar-refractivity contribution < 1.29 is 4.79 Å². The van der Waals surface area contributed by atoms with E-state index in [0.717, 1.165) is 31.2 Å². The van der Waals surface area contributed by atoms with E-state index in [1.165, 1.54) is 5.57 Å². The van der Waals surface area contributed by atoms with Crippen molar-refractivity contribution in [2.24, 2.45) is 17.3 Å². The maximum Gasteiger partial charge on any atom is 0.225 e. The van der Waals surface area contributed by atoms with Crippen LogP contribution in [0.5, 0.6) is 0 Å². The van der Waals surface area contributed by atoms with Gasteiger partial charge in [-0.15, -0.1) is 0 Å². The Hall–Kier alpha value is -2.28. The Labute approximate surface area is 163 Å². The number of carbonyl (C=O) groups is 1. The fourth-order valence-corrected chi connectivity index (χ4v) is 4.34. The maximum absolute atomic E-state index is 12.2. The second-order valence-electron chi connectivity index (χ2n) is 9.11. The van der Waals surface area contributed by atoms with Crippen LogP contribution in [0, 0.1) is 28.6 Å². The molecule has 0 saturated heterocycles. The Bertz CT molecular complexity index is 761. The summed E-state index contributed by atoms with van der Waals surface area (Å²) in [6, 6.07) is 10.8. The predicted octanol–water partition coefficient (Wildman–Crippen LogP) is 4.23. The highest BCUT2D eigenvalue weighted by Crippen LogP contribution is 2.38. The van der Waals surface area contributed by atoms with E-state index < -0.39 is 0 Å². The standard InChI is InChI=1S/C23H31N3O/c1-15-20(18-7-5-6-16(12-18)13-24)14-25-21(15)17-8-10-19(11-9-17)26-22(27)23(2,3)4/h5-7,12,14-15,17,19,21,25H,8-11H2,1-4H3,(H,26,27). The molecule has 1 heterocycles. The smallest absolute Gasteiger partial charge is 0.225 e. The van der Waals surface area contributed by atoms with Crippen LogP contribution < -0.4 is 10.6 Å². The lowest BCUT2D eigenvalue weighted by Crippen LogP contribution is -2.45. The summed E-state index contributed by atoms with van der Waals surface area (Å²) >= 11 is 0. The van der Waals surface area contributed by atoms with Gasteiger partial charge in [-0.25, -0.2) is 0 Å². The molecule has 0 aromatic heterocycles. The van der Waals surface area contributed by atoms with Crippen LogP contribution >= 0.6 is 0 Å². The molecule has 1 fully saturated rings. The average molecular weight is 366 g/mol. The molecule has 1 amide bonds.